The second-order valence-corrected chi connectivity index (χ2v) is 6.39. The van der Waals surface area contributed by atoms with Gasteiger partial charge in [-0.05, 0) is 20.8 Å². The van der Waals surface area contributed by atoms with Crippen molar-refractivity contribution in [3.05, 3.63) is 27.5 Å². The fraction of sp³-hybridized carbons (Fsp3) is 0.533. The predicted octanol–water partition coefficient (Wildman–Crippen LogP) is 3.89. The normalized spacial score (nSPS) is 12.5. The molecule has 2 heterocycles. The Labute approximate surface area is 130 Å². The summed E-state index contributed by atoms with van der Waals surface area (Å²) >= 11 is 1.67. The molecule has 21 heavy (non-hydrogen) atoms. The van der Waals surface area contributed by atoms with Crippen LogP contribution in [0, 0.1) is 13.8 Å². The van der Waals surface area contributed by atoms with Gasteiger partial charge in [0.1, 0.15) is 22.5 Å². The largest absolute Gasteiger partial charge is 0.373 e. The Bertz CT molecular complexity index is 621. The number of thiazole rings is 1. The van der Waals surface area contributed by atoms with Gasteiger partial charge in [0.15, 0.2) is 0 Å². The molecule has 5 nitrogen and oxygen atoms in total. The van der Waals surface area contributed by atoms with Crippen molar-refractivity contribution in [3.8, 4) is 0 Å². The van der Waals surface area contributed by atoms with Gasteiger partial charge >= 0.3 is 0 Å². The monoisotopic (exact) mass is 305 g/mol. The molecule has 0 bridgehead atoms. The molecule has 2 N–H and O–H groups in total. The number of rotatable bonds is 5. The van der Waals surface area contributed by atoms with Crippen molar-refractivity contribution < 1.29 is 0 Å². The number of aromatic nitrogens is 3. The van der Waals surface area contributed by atoms with Crippen LogP contribution in [0.4, 0.5) is 11.6 Å². The minimum absolute atomic E-state index is 0.127. The number of nitrogens with one attached hydrogen (secondary N) is 2. The lowest BCUT2D eigenvalue weighted by molar-refractivity contribution is 0.765. The minimum Gasteiger partial charge on any atom is -0.373 e. The first-order valence-corrected chi connectivity index (χ1v) is 8.05. The van der Waals surface area contributed by atoms with Crippen molar-refractivity contribution in [3.63, 3.8) is 0 Å². The summed E-state index contributed by atoms with van der Waals surface area (Å²) in [6.45, 7) is 10.3. The van der Waals surface area contributed by atoms with Crippen molar-refractivity contribution >= 4 is 23.0 Å². The zero-order valence-electron chi connectivity index (χ0n) is 13.5. The summed E-state index contributed by atoms with van der Waals surface area (Å²) in [5, 5.41) is 9.75. The third-order valence-corrected chi connectivity index (χ3v) is 4.42. The van der Waals surface area contributed by atoms with Crippen molar-refractivity contribution in [1.82, 2.24) is 15.0 Å². The number of hydrogen-bond donors (Lipinski definition) is 2. The number of nitrogens with zero attached hydrogens (tertiary/aromatic N) is 3. The van der Waals surface area contributed by atoms with E-state index in [1.54, 1.807) is 11.3 Å². The average molecular weight is 305 g/mol. The Morgan fingerprint density at radius 3 is 2.24 bits per heavy atom. The van der Waals surface area contributed by atoms with Crippen LogP contribution in [-0.2, 0) is 0 Å². The van der Waals surface area contributed by atoms with E-state index >= 15 is 0 Å². The van der Waals surface area contributed by atoms with Gasteiger partial charge in [-0.1, -0.05) is 13.8 Å². The van der Waals surface area contributed by atoms with E-state index in [4.69, 9.17) is 0 Å². The molecule has 0 radical (unpaired) electrons. The van der Waals surface area contributed by atoms with E-state index in [0.29, 0.717) is 0 Å². The van der Waals surface area contributed by atoms with Crippen LogP contribution in [0.5, 0.6) is 0 Å². The Hall–Kier alpha value is -1.69. The first kappa shape index (κ1) is 15.7. The molecule has 0 aliphatic heterocycles. The van der Waals surface area contributed by atoms with E-state index in [1.165, 1.54) is 0 Å². The van der Waals surface area contributed by atoms with Gasteiger partial charge in [-0.15, -0.1) is 11.3 Å². The molecule has 0 saturated heterocycles. The summed E-state index contributed by atoms with van der Waals surface area (Å²) in [5.74, 6) is 2.88. The fourth-order valence-corrected chi connectivity index (χ4v) is 2.82. The van der Waals surface area contributed by atoms with Crippen LogP contribution in [0.3, 0.4) is 0 Å². The van der Waals surface area contributed by atoms with E-state index in [9.17, 15) is 0 Å². The van der Waals surface area contributed by atoms with E-state index in [2.05, 4.69) is 51.7 Å². The highest BCUT2D eigenvalue weighted by molar-refractivity contribution is 7.09. The van der Waals surface area contributed by atoms with Gasteiger partial charge in [-0.3, -0.25) is 0 Å². The first-order chi connectivity index (χ1) is 9.92. The molecule has 0 fully saturated rings. The Balaban J connectivity index is 2.32. The lowest BCUT2D eigenvalue weighted by Gasteiger charge is -2.18. The van der Waals surface area contributed by atoms with Crippen LogP contribution in [0.25, 0.3) is 0 Å². The molecule has 1 atom stereocenters. The molecule has 2 aromatic heterocycles. The fourth-order valence-electron chi connectivity index (χ4n) is 2.01. The molecule has 0 spiro atoms. The van der Waals surface area contributed by atoms with Gasteiger partial charge in [-0.25, -0.2) is 15.0 Å². The van der Waals surface area contributed by atoms with Crippen LogP contribution < -0.4 is 10.6 Å². The molecular weight excluding hydrogens is 282 g/mol. The highest BCUT2D eigenvalue weighted by atomic mass is 32.1. The highest BCUT2D eigenvalue weighted by Crippen LogP contribution is 2.27. The van der Waals surface area contributed by atoms with Crippen LogP contribution in [0.15, 0.2) is 5.38 Å². The van der Waals surface area contributed by atoms with Gasteiger partial charge in [0.05, 0.1) is 6.04 Å². The third-order valence-electron chi connectivity index (χ3n) is 3.28. The number of hydrogen-bond acceptors (Lipinski definition) is 6. The summed E-state index contributed by atoms with van der Waals surface area (Å²) in [6.07, 6.45) is 0. The molecule has 114 valence electrons. The molecule has 1 unspecified atom stereocenters. The van der Waals surface area contributed by atoms with Crippen LogP contribution in [0.2, 0.25) is 0 Å². The Morgan fingerprint density at radius 2 is 1.71 bits per heavy atom. The molecule has 0 aromatic carbocycles. The second-order valence-electron chi connectivity index (χ2n) is 5.50. The van der Waals surface area contributed by atoms with Crippen LogP contribution >= 0.6 is 11.3 Å². The van der Waals surface area contributed by atoms with E-state index < -0.39 is 0 Å². The predicted molar refractivity (Wildman–Crippen MR) is 89.3 cm³/mol. The second kappa shape index (κ2) is 6.39. The van der Waals surface area contributed by atoms with Gasteiger partial charge in [0.25, 0.3) is 0 Å². The lowest BCUT2D eigenvalue weighted by Crippen LogP contribution is -2.13. The molecule has 2 aromatic rings. The molecular formula is C15H23N5S. The molecule has 0 aliphatic carbocycles. The summed E-state index contributed by atoms with van der Waals surface area (Å²) < 4.78 is 0. The van der Waals surface area contributed by atoms with E-state index in [0.717, 1.165) is 33.7 Å². The number of aryl methyl sites for hydroxylation is 1. The van der Waals surface area contributed by atoms with Gasteiger partial charge in [0.2, 0.25) is 0 Å². The SMILES string of the molecule is CNc1nc(C(C)C)nc(NC(C)c2nc(C)cs2)c1C. The Morgan fingerprint density at radius 1 is 1.05 bits per heavy atom. The van der Waals surface area contributed by atoms with Crippen LogP contribution in [-0.4, -0.2) is 22.0 Å². The third kappa shape index (κ3) is 3.50. The lowest BCUT2D eigenvalue weighted by atomic mass is 10.2. The van der Waals surface area contributed by atoms with Crippen molar-refractivity contribution in [2.45, 2.75) is 46.6 Å². The summed E-state index contributed by atoms with van der Waals surface area (Å²) in [5.41, 5.74) is 2.09. The topological polar surface area (TPSA) is 62.7 Å². The average Bonchev–Trinajstić information content (AvgIpc) is 2.87. The summed E-state index contributed by atoms with van der Waals surface area (Å²) in [6, 6.07) is 0.127. The van der Waals surface area contributed by atoms with Crippen molar-refractivity contribution in [1.29, 1.82) is 0 Å². The zero-order chi connectivity index (χ0) is 15.6. The smallest absolute Gasteiger partial charge is 0.135 e. The maximum absolute atomic E-state index is 4.67. The quantitative estimate of drug-likeness (QED) is 0.877. The van der Waals surface area contributed by atoms with E-state index in [1.807, 2.05) is 20.9 Å². The summed E-state index contributed by atoms with van der Waals surface area (Å²) in [4.78, 5) is 13.8. The van der Waals surface area contributed by atoms with Crippen molar-refractivity contribution in [2.75, 3.05) is 17.7 Å². The number of anilines is 2. The maximum atomic E-state index is 4.67. The molecule has 0 amide bonds. The summed E-state index contributed by atoms with van der Waals surface area (Å²) in [7, 11) is 1.89. The first-order valence-electron chi connectivity index (χ1n) is 7.17. The highest BCUT2D eigenvalue weighted by Gasteiger charge is 2.16. The van der Waals surface area contributed by atoms with Gasteiger partial charge < -0.3 is 10.6 Å². The van der Waals surface area contributed by atoms with Crippen molar-refractivity contribution in [2.24, 2.45) is 0 Å². The minimum atomic E-state index is 0.127. The maximum Gasteiger partial charge on any atom is 0.135 e. The van der Waals surface area contributed by atoms with Gasteiger partial charge in [-0.2, -0.15) is 0 Å². The van der Waals surface area contributed by atoms with Crippen LogP contribution in [0.1, 0.15) is 54.8 Å². The standard InChI is InChI=1S/C15H23N5S/c1-8(2)12-19-13(16-6)10(4)14(20-12)18-11(5)15-17-9(3)7-21-15/h7-8,11H,1-6H3,(H2,16,18,19,20). The van der Waals surface area contributed by atoms with Gasteiger partial charge in [0, 0.05) is 29.6 Å². The molecule has 0 aliphatic rings. The van der Waals surface area contributed by atoms with E-state index in [-0.39, 0.29) is 12.0 Å². The Kier molecular flexibility index (Phi) is 4.77. The molecule has 0 saturated carbocycles. The zero-order valence-corrected chi connectivity index (χ0v) is 14.3. The molecule has 2 rings (SSSR count). The molecule has 6 heteroatoms.